The molecule has 1 aromatic carbocycles. The van der Waals surface area contributed by atoms with Gasteiger partial charge in [-0.1, -0.05) is 29.8 Å². The SMILES string of the molecule is CNc1ccc(C(=O)N(C)C(C)c2ccccc2Cl)cn1. The number of hydrogen-bond acceptors (Lipinski definition) is 3. The molecular formula is C16H18ClN3O. The van der Waals surface area contributed by atoms with Crippen LogP contribution in [0.2, 0.25) is 5.02 Å². The topological polar surface area (TPSA) is 45.2 Å². The van der Waals surface area contributed by atoms with Gasteiger partial charge in [-0.25, -0.2) is 4.98 Å². The molecule has 2 rings (SSSR count). The highest BCUT2D eigenvalue weighted by Crippen LogP contribution is 2.27. The second kappa shape index (κ2) is 6.59. The molecule has 2 aromatic rings. The second-order valence-corrected chi connectivity index (χ2v) is 5.20. The van der Waals surface area contributed by atoms with Gasteiger partial charge in [0.2, 0.25) is 0 Å². The highest BCUT2D eigenvalue weighted by Gasteiger charge is 2.20. The Morgan fingerprint density at radius 1 is 1.29 bits per heavy atom. The fourth-order valence-corrected chi connectivity index (χ4v) is 2.36. The lowest BCUT2D eigenvalue weighted by molar-refractivity contribution is 0.0742. The van der Waals surface area contributed by atoms with E-state index in [0.29, 0.717) is 10.6 Å². The summed E-state index contributed by atoms with van der Waals surface area (Å²) < 4.78 is 0. The maximum absolute atomic E-state index is 12.5. The largest absolute Gasteiger partial charge is 0.373 e. The minimum absolute atomic E-state index is 0.0856. The van der Waals surface area contributed by atoms with Gasteiger partial charge in [-0.2, -0.15) is 0 Å². The Morgan fingerprint density at radius 3 is 2.57 bits per heavy atom. The van der Waals surface area contributed by atoms with E-state index in [-0.39, 0.29) is 11.9 Å². The number of anilines is 1. The fourth-order valence-electron chi connectivity index (χ4n) is 2.07. The summed E-state index contributed by atoms with van der Waals surface area (Å²) in [6.45, 7) is 1.95. The van der Waals surface area contributed by atoms with Gasteiger partial charge in [-0.3, -0.25) is 4.79 Å². The van der Waals surface area contributed by atoms with Crippen molar-refractivity contribution < 1.29 is 4.79 Å². The van der Waals surface area contributed by atoms with Crippen LogP contribution in [0.5, 0.6) is 0 Å². The molecule has 0 radical (unpaired) electrons. The predicted molar refractivity (Wildman–Crippen MR) is 85.7 cm³/mol. The molecule has 0 aliphatic carbocycles. The summed E-state index contributed by atoms with van der Waals surface area (Å²) in [5.74, 6) is 0.644. The van der Waals surface area contributed by atoms with Crippen molar-refractivity contribution in [3.8, 4) is 0 Å². The Bertz CT molecular complexity index is 628. The van der Waals surface area contributed by atoms with E-state index in [9.17, 15) is 4.79 Å². The minimum Gasteiger partial charge on any atom is -0.373 e. The van der Waals surface area contributed by atoms with Crippen molar-refractivity contribution in [1.29, 1.82) is 0 Å². The quantitative estimate of drug-likeness (QED) is 0.938. The standard InChI is InChI=1S/C16H18ClN3O/c1-11(13-6-4-5-7-14(13)17)20(3)16(21)12-8-9-15(18-2)19-10-12/h4-11H,1-3H3,(H,18,19). The molecule has 1 atom stereocenters. The number of carbonyl (C=O) groups excluding carboxylic acids is 1. The summed E-state index contributed by atoms with van der Waals surface area (Å²) >= 11 is 6.19. The molecule has 0 aliphatic rings. The summed E-state index contributed by atoms with van der Waals surface area (Å²) in [5.41, 5.74) is 1.48. The number of aromatic nitrogens is 1. The van der Waals surface area contributed by atoms with Crippen LogP contribution < -0.4 is 5.32 Å². The summed E-state index contributed by atoms with van der Waals surface area (Å²) in [6, 6.07) is 11.0. The molecule has 1 aromatic heterocycles. The molecular weight excluding hydrogens is 286 g/mol. The van der Waals surface area contributed by atoms with Gasteiger partial charge in [-0.15, -0.1) is 0 Å². The van der Waals surface area contributed by atoms with Crippen LogP contribution in [0.15, 0.2) is 42.6 Å². The van der Waals surface area contributed by atoms with Crippen LogP contribution in [-0.4, -0.2) is 29.9 Å². The predicted octanol–water partition coefficient (Wildman–Crippen LogP) is 3.61. The minimum atomic E-state index is -0.116. The molecule has 1 unspecified atom stereocenters. The van der Waals surface area contributed by atoms with Crippen LogP contribution in [0.3, 0.4) is 0 Å². The number of rotatable bonds is 4. The van der Waals surface area contributed by atoms with E-state index in [2.05, 4.69) is 10.3 Å². The maximum atomic E-state index is 12.5. The first-order valence-electron chi connectivity index (χ1n) is 6.70. The lowest BCUT2D eigenvalue weighted by atomic mass is 10.1. The zero-order valence-corrected chi connectivity index (χ0v) is 13.1. The summed E-state index contributed by atoms with van der Waals surface area (Å²) in [7, 11) is 3.55. The number of hydrogen-bond donors (Lipinski definition) is 1. The number of nitrogens with one attached hydrogen (secondary N) is 1. The van der Waals surface area contributed by atoms with Gasteiger partial charge in [0.1, 0.15) is 5.82 Å². The van der Waals surface area contributed by atoms with Crippen LogP contribution in [0, 0.1) is 0 Å². The summed E-state index contributed by atoms with van der Waals surface area (Å²) in [5, 5.41) is 3.59. The molecule has 0 spiro atoms. The first-order valence-corrected chi connectivity index (χ1v) is 7.07. The van der Waals surface area contributed by atoms with Crippen molar-refractivity contribution in [3.63, 3.8) is 0 Å². The van der Waals surface area contributed by atoms with Gasteiger partial charge in [0.05, 0.1) is 11.6 Å². The van der Waals surface area contributed by atoms with E-state index in [1.807, 2.05) is 31.2 Å². The maximum Gasteiger partial charge on any atom is 0.255 e. The first kappa shape index (κ1) is 15.3. The molecule has 0 aliphatic heterocycles. The van der Waals surface area contributed by atoms with Crippen LogP contribution in [-0.2, 0) is 0 Å². The van der Waals surface area contributed by atoms with Crippen LogP contribution in [0.1, 0.15) is 28.9 Å². The van der Waals surface area contributed by atoms with Crippen molar-refractivity contribution >= 4 is 23.3 Å². The van der Waals surface area contributed by atoms with Crippen molar-refractivity contribution in [2.45, 2.75) is 13.0 Å². The van der Waals surface area contributed by atoms with E-state index in [1.54, 1.807) is 37.3 Å². The number of benzene rings is 1. The van der Waals surface area contributed by atoms with Gasteiger partial charge < -0.3 is 10.2 Å². The lowest BCUT2D eigenvalue weighted by Crippen LogP contribution is -2.29. The molecule has 4 nitrogen and oxygen atoms in total. The Labute approximate surface area is 129 Å². The van der Waals surface area contributed by atoms with Gasteiger partial charge in [-0.05, 0) is 30.7 Å². The van der Waals surface area contributed by atoms with Crippen LogP contribution in [0.4, 0.5) is 5.82 Å². The first-order chi connectivity index (χ1) is 10.0. The molecule has 0 saturated carbocycles. The van der Waals surface area contributed by atoms with Gasteiger partial charge >= 0.3 is 0 Å². The third kappa shape index (κ3) is 3.34. The molecule has 1 N–H and O–H groups in total. The van der Waals surface area contributed by atoms with Crippen LogP contribution >= 0.6 is 11.6 Å². The number of amides is 1. The zero-order valence-electron chi connectivity index (χ0n) is 12.3. The van der Waals surface area contributed by atoms with Gasteiger partial charge in [0.25, 0.3) is 5.91 Å². The molecule has 1 amide bonds. The molecule has 110 valence electrons. The highest BCUT2D eigenvalue weighted by molar-refractivity contribution is 6.31. The van der Waals surface area contributed by atoms with Crippen molar-refractivity contribution in [2.24, 2.45) is 0 Å². The summed E-state index contributed by atoms with van der Waals surface area (Å²) in [4.78, 5) is 18.3. The molecule has 21 heavy (non-hydrogen) atoms. The molecule has 0 fully saturated rings. The molecule has 1 heterocycles. The lowest BCUT2D eigenvalue weighted by Gasteiger charge is -2.26. The average molecular weight is 304 g/mol. The second-order valence-electron chi connectivity index (χ2n) is 4.80. The van der Waals surface area contributed by atoms with E-state index in [4.69, 9.17) is 11.6 Å². The molecule has 0 saturated heterocycles. The highest BCUT2D eigenvalue weighted by atomic mass is 35.5. The van der Waals surface area contributed by atoms with E-state index >= 15 is 0 Å². The molecule has 5 heteroatoms. The van der Waals surface area contributed by atoms with E-state index < -0.39 is 0 Å². The van der Waals surface area contributed by atoms with Crippen molar-refractivity contribution in [2.75, 3.05) is 19.4 Å². The molecule has 0 bridgehead atoms. The van der Waals surface area contributed by atoms with E-state index in [1.165, 1.54) is 0 Å². The smallest absolute Gasteiger partial charge is 0.255 e. The normalized spacial score (nSPS) is 11.8. The summed E-state index contributed by atoms with van der Waals surface area (Å²) in [6.07, 6.45) is 1.57. The van der Waals surface area contributed by atoms with Crippen LogP contribution in [0.25, 0.3) is 0 Å². The fraction of sp³-hybridized carbons (Fsp3) is 0.250. The zero-order chi connectivity index (χ0) is 15.4. The van der Waals surface area contributed by atoms with E-state index in [0.717, 1.165) is 11.4 Å². The van der Waals surface area contributed by atoms with Crippen molar-refractivity contribution in [1.82, 2.24) is 9.88 Å². The number of carbonyl (C=O) groups is 1. The van der Waals surface area contributed by atoms with Crippen molar-refractivity contribution in [3.05, 3.63) is 58.7 Å². The third-order valence-corrected chi connectivity index (χ3v) is 3.87. The van der Waals surface area contributed by atoms with Gasteiger partial charge in [0, 0.05) is 25.3 Å². The Hall–Kier alpha value is -2.07. The Kier molecular flexibility index (Phi) is 4.81. The number of nitrogens with zero attached hydrogens (tertiary/aromatic N) is 2. The Morgan fingerprint density at radius 2 is 2.00 bits per heavy atom. The number of pyridine rings is 1. The Balaban J connectivity index is 2.20. The average Bonchev–Trinajstić information content (AvgIpc) is 2.53. The number of halogens is 1. The van der Waals surface area contributed by atoms with Gasteiger partial charge in [0.15, 0.2) is 0 Å². The third-order valence-electron chi connectivity index (χ3n) is 3.52. The monoisotopic (exact) mass is 303 g/mol.